The number of hydrogen-bond acceptors (Lipinski definition) is 6. The van der Waals surface area contributed by atoms with Crippen molar-refractivity contribution in [3.8, 4) is 11.5 Å². The molecule has 0 aromatic heterocycles. The van der Waals surface area contributed by atoms with Crippen molar-refractivity contribution in [1.82, 2.24) is 0 Å². The van der Waals surface area contributed by atoms with Gasteiger partial charge in [-0.2, -0.15) is 0 Å². The molecule has 1 aliphatic heterocycles. The zero-order chi connectivity index (χ0) is 11.9. The van der Waals surface area contributed by atoms with Gasteiger partial charge in [0.15, 0.2) is 17.8 Å². The van der Waals surface area contributed by atoms with Gasteiger partial charge in [0.2, 0.25) is 0 Å². The van der Waals surface area contributed by atoms with Crippen LogP contribution in [0.15, 0.2) is 12.1 Å². The molecule has 2 rings (SSSR count). The van der Waals surface area contributed by atoms with Crippen LogP contribution in [0.4, 0.5) is 0 Å². The van der Waals surface area contributed by atoms with E-state index in [1.54, 1.807) is 0 Å². The number of aromatic hydroxyl groups is 2. The number of benzene rings is 1. The first kappa shape index (κ1) is 11.2. The Balaban J connectivity index is 2.50. The Morgan fingerprint density at radius 3 is 2.62 bits per heavy atom. The summed E-state index contributed by atoms with van der Waals surface area (Å²) in [6.07, 6.45) is -3.61. The van der Waals surface area contributed by atoms with E-state index in [1.165, 1.54) is 12.1 Å². The SMILES string of the molecule is OCC(O)C1OC(O)c2ccc(O)c(O)c21. The first-order valence-electron chi connectivity index (χ1n) is 4.73. The molecule has 0 radical (unpaired) electrons. The summed E-state index contributed by atoms with van der Waals surface area (Å²) in [5.74, 6) is -0.821. The van der Waals surface area contributed by atoms with E-state index in [4.69, 9.17) is 9.84 Å². The number of fused-ring (bicyclic) bond motifs is 1. The van der Waals surface area contributed by atoms with Crippen molar-refractivity contribution in [2.45, 2.75) is 18.5 Å². The fraction of sp³-hybridized carbons (Fsp3) is 0.400. The molecule has 88 valence electrons. The average Bonchev–Trinajstić information content (AvgIpc) is 2.61. The van der Waals surface area contributed by atoms with Crippen molar-refractivity contribution in [2.75, 3.05) is 6.61 Å². The van der Waals surface area contributed by atoms with Gasteiger partial charge in [0.05, 0.1) is 6.61 Å². The summed E-state index contributed by atoms with van der Waals surface area (Å²) in [5, 5.41) is 46.7. The summed E-state index contributed by atoms with van der Waals surface area (Å²) < 4.78 is 4.99. The second kappa shape index (κ2) is 3.91. The predicted molar refractivity (Wildman–Crippen MR) is 51.7 cm³/mol. The fourth-order valence-electron chi connectivity index (χ4n) is 1.79. The molecule has 6 nitrogen and oxygen atoms in total. The summed E-state index contributed by atoms with van der Waals surface area (Å²) in [5.41, 5.74) is 0.377. The van der Waals surface area contributed by atoms with Crippen LogP contribution < -0.4 is 0 Å². The molecule has 0 saturated carbocycles. The third-order valence-corrected chi connectivity index (χ3v) is 2.59. The van der Waals surface area contributed by atoms with E-state index >= 15 is 0 Å². The molecule has 5 N–H and O–H groups in total. The largest absolute Gasteiger partial charge is 0.504 e. The molecule has 0 amide bonds. The van der Waals surface area contributed by atoms with E-state index in [1.807, 2.05) is 0 Å². The Labute approximate surface area is 91.0 Å². The third-order valence-electron chi connectivity index (χ3n) is 2.59. The van der Waals surface area contributed by atoms with E-state index in [0.29, 0.717) is 0 Å². The molecule has 6 heteroatoms. The number of aliphatic hydroxyl groups excluding tert-OH is 3. The Hall–Kier alpha value is -1.34. The van der Waals surface area contributed by atoms with E-state index < -0.39 is 30.9 Å². The van der Waals surface area contributed by atoms with Gasteiger partial charge >= 0.3 is 0 Å². The van der Waals surface area contributed by atoms with Crippen LogP contribution in [0.3, 0.4) is 0 Å². The number of phenolic OH excluding ortho intramolecular Hbond substituents is 2. The zero-order valence-electron chi connectivity index (χ0n) is 8.24. The molecule has 1 heterocycles. The van der Waals surface area contributed by atoms with Crippen LogP contribution in [0.1, 0.15) is 23.5 Å². The maximum Gasteiger partial charge on any atom is 0.182 e. The standard InChI is InChI=1S/C10H12O6/c11-3-6(13)9-7-4(10(15)16-9)1-2-5(12)8(7)14/h1-2,6,9-15H,3H2. The minimum Gasteiger partial charge on any atom is -0.504 e. The Bertz CT molecular complexity index is 405. The quantitative estimate of drug-likeness (QED) is 0.437. The molecule has 0 aliphatic carbocycles. The highest BCUT2D eigenvalue weighted by atomic mass is 16.6. The molecule has 0 saturated heterocycles. The normalized spacial score (nSPS) is 25.4. The Kier molecular flexibility index (Phi) is 2.73. The molecule has 16 heavy (non-hydrogen) atoms. The van der Waals surface area contributed by atoms with Crippen LogP contribution in [-0.4, -0.2) is 38.2 Å². The fourth-order valence-corrected chi connectivity index (χ4v) is 1.79. The zero-order valence-corrected chi connectivity index (χ0v) is 8.24. The Morgan fingerprint density at radius 2 is 2.00 bits per heavy atom. The van der Waals surface area contributed by atoms with Gasteiger partial charge in [0.1, 0.15) is 12.2 Å². The van der Waals surface area contributed by atoms with Crippen LogP contribution >= 0.6 is 0 Å². The molecule has 3 unspecified atom stereocenters. The number of ether oxygens (including phenoxy) is 1. The summed E-state index contributed by atoms with van der Waals surface area (Å²) in [4.78, 5) is 0. The van der Waals surface area contributed by atoms with Gasteiger partial charge in [-0.05, 0) is 12.1 Å². The molecule has 3 atom stereocenters. The first-order chi connectivity index (χ1) is 7.56. The van der Waals surface area contributed by atoms with Crippen LogP contribution in [-0.2, 0) is 4.74 Å². The maximum absolute atomic E-state index is 9.62. The van der Waals surface area contributed by atoms with Crippen molar-refractivity contribution in [3.05, 3.63) is 23.3 Å². The lowest BCUT2D eigenvalue weighted by Gasteiger charge is -2.17. The van der Waals surface area contributed by atoms with Gasteiger partial charge in [0.25, 0.3) is 0 Å². The Morgan fingerprint density at radius 1 is 1.31 bits per heavy atom. The van der Waals surface area contributed by atoms with Gasteiger partial charge in [-0.25, -0.2) is 0 Å². The second-order valence-electron chi connectivity index (χ2n) is 3.60. The van der Waals surface area contributed by atoms with Crippen molar-refractivity contribution in [2.24, 2.45) is 0 Å². The van der Waals surface area contributed by atoms with Gasteiger partial charge in [0, 0.05) is 11.1 Å². The minimum absolute atomic E-state index is 0.106. The molecule has 0 spiro atoms. The number of hydrogen-bond donors (Lipinski definition) is 5. The lowest BCUT2D eigenvalue weighted by Crippen LogP contribution is -2.22. The van der Waals surface area contributed by atoms with Crippen molar-refractivity contribution in [3.63, 3.8) is 0 Å². The first-order valence-corrected chi connectivity index (χ1v) is 4.73. The van der Waals surface area contributed by atoms with E-state index in [0.717, 1.165) is 0 Å². The minimum atomic E-state index is -1.28. The molecular formula is C10H12O6. The summed E-state index contributed by atoms with van der Waals surface area (Å²) in [7, 11) is 0. The van der Waals surface area contributed by atoms with Gasteiger partial charge in [-0.1, -0.05) is 0 Å². The lowest BCUT2D eigenvalue weighted by atomic mass is 9.99. The molecular weight excluding hydrogens is 216 g/mol. The predicted octanol–water partition coefficient (Wildman–Crippen LogP) is -0.487. The van der Waals surface area contributed by atoms with Gasteiger partial charge < -0.3 is 30.3 Å². The maximum atomic E-state index is 9.62. The van der Waals surface area contributed by atoms with E-state index in [9.17, 15) is 20.4 Å². The molecule has 1 aromatic rings. The number of rotatable bonds is 2. The topological polar surface area (TPSA) is 110 Å². The van der Waals surface area contributed by atoms with Crippen molar-refractivity contribution in [1.29, 1.82) is 0 Å². The highest BCUT2D eigenvalue weighted by molar-refractivity contribution is 5.52. The molecule has 1 aliphatic rings. The highest BCUT2D eigenvalue weighted by Gasteiger charge is 2.38. The molecule has 0 fully saturated rings. The summed E-state index contributed by atoms with van der Waals surface area (Å²) >= 11 is 0. The van der Waals surface area contributed by atoms with Gasteiger partial charge in [-0.15, -0.1) is 0 Å². The van der Waals surface area contributed by atoms with E-state index in [-0.39, 0.29) is 16.9 Å². The second-order valence-corrected chi connectivity index (χ2v) is 3.60. The highest BCUT2D eigenvalue weighted by Crippen LogP contribution is 2.47. The summed E-state index contributed by atoms with van der Waals surface area (Å²) in [6, 6.07) is 2.60. The molecule has 1 aromatic carbocycles. The van der Waals surface area contributed by atoms with Crippen LogP contribution in [0, 0.1) is 0 Å². The lowest BCUT2D eigenvalue weighted by molar-refractivity contribution is -0.156. The smallest absolute Gasteiger partial charge is 0.182 e. The monoisotopic (exact) mass is 228 g/mol. The molecule has 0 bridgehead atoms. The van der Waals surface area contributed by atoms with Crippen molar-refractivity contribution >= 4 is 0 Å². The van der Waals surface area contributed by atoms with Crippen LogP contribution in [0.2, 0.25) is 0 Å². The summed E-state index contributed by atoms with van der Waals surface area (Å²) in [6.45, 7) is -0.577. The number of phenols is 2. The number of aliphatic hydroxyl groups is 3. The van der Waals surface area contributed by atoms with Gasteiger partial charge in [-0.3, -0.25) is 0 Å². The average molecular weight is 228 g/mol. The van der Waals surface area contributed by atoms with E-state index in [2.05, 4.69) is 0 Å². The van der Waals surface area contributed by atoms with Crippen LogP contribution in [0.5, 0.6) is 11.5 Å². The third kappa shape index (κ3) is 1.52. The van der Waals surface area contributed by atoms with Crippen molar-refractivity contribution < 1.29 is 30.3 Å². The van der Waals surface area contributed by atoms with Crippen LogP contribution in [0.25, 0.3) is 0 Å².